The van der Waals surface area contributed by atoms with Crippen molar-refractivity contribution in [3.63, 3.8) is 0 Å². The number of hydrogen-bond donors (Lipinski definition) is 1. The van der Waals surface area contributed by atoms with Gasteiger partial charge in [-0.15, -0.1) is 0 Å². The molecule has 0 saturated carbocycles. The summed E-state index contributed by atoms with van der Waals surface area (Å²) in [6, 6.07) is 0. The first kappa shape index (κ1) is 8.02. The van der Waals surface area contributed by atoms with Crippen LogP contribution in [0.25, 0.3) is 0 Å². The van der Waals surface area contributed by atoms with Crippen LogP contribution in [0.2, 0.25) is 0 Å². The molecule has 1 aliphatic heterocycles. The van der Waals surface area contributed by atoms with Crippen molar-refractivity contribution >= 4 is 0 Å². The molecule has 1 saturated heterocycles. The molecule has 0 aromatic carbocycles. The van der Waals surface area contributed by atoms with E-state index in [0.29, 0.717) is 5.54 Å². The molecule has 0 radical (unpaired) electrons. The van der Waals surface area contributed by atoms with Crippen LogP contribution in [0.5, 0.6) is 0 Å². The van der Waals surface area contributed by atoms with E-state index in [-0.39, 0.29) is 0 Å². The maximum Gasteiger partial charge on any atom is 0.0485 e. The van der Waals surface area contributed by atoms with E-state index in [1.54, 1.807) is 0 Å². The van der Waals surface area contributed by atoms with E-state index in [2.05, 4.69) is 31.0 Å². The van der Waals surface area contributed by atoms with Gasteiger partial charge in [0.15, 0.2) is 0 Å². The van der Waals surface area contributed by atoms with Gasteiger partial charge in [-0.1, -0.05) is 0 Å². The van der Waals surface area contributed by atoms with Gasteiger partial charge in [0.25, 0.3) is 0 Å². The third-order valence-electron chi connectivity index (χ3n) is 2.03. The molecular weight excluding hydrogens is 124 g/mol. The zero-order valence-electron chi connectivity index (χ0n) is 7.28. The Hall–Kier alpha value is -0.0800. The molecule has 10 heavy (non-hydrogen) atoms. The zero-order chi connectivity index (χ0) is 7.61. The predicted octanol–water partition coefficient (Wildman–Crippen LogP) is 1.04. The highest BCUT2D eigenvalue weighted by molar-refractivity contribution is 4.77. The maximum atomic E-state index is 3.37. The van der Waals surface area contributed by atoms with Crippen LogP contribution in [0.1, 0.15) is 27.2 Å². The lowest BCUT2D eigenvalue weighted by Gasteiger charge is -2.38. The molecule has 1 aliphatic rings. The SMILES string of the molecule is CC(C)(C)N1CCCNC1. The molecule has 0 atom stereocenters. The Labute approximate surface area is 63.6 Å². The van der Waals surface area contributed by atoms with Crippen LogP contribution in [-0.2, 0) is 0 Å². The average Bonchev–Trinajstić information content (AvgIpc) is 1.88. The summed E-state index contributed by atoms with van der Waals surface area (Å²) in [6.07, 6.45) is 1.29. The Morgan fingerprint density at radius 3 is 2.30 bits per heavy atom. The fourth-order valence-electron chi connectivity index (χ4n) is 1.26. The molecular formula is C8H18N2. The van der Waals surface area contributed by atoms with Crippen LogP contribution in [0.15, 0.2) is 0 Å². The Balaban J connectivity index is 2.39. The molecule has 0 aliphatic carbocycles. The van der Waals surface area contributed by atoms with E-state index in [1.165, 1.54) is 19.5 Å². The Kier molecular flexibility index (Phi) is 2.32. The van der Waals surface area contributed by atoms with Gasteiger partial charge < -0.3 is 5.32 Å². The van der Waals surface area contributed by atoms with Crippen molar-refractivity contribution in [3.05, 3.63) is 0 Å². The van der Waals surface area contributed by atoms with Crippen LogP contribution in [-0.4, -0.2) is 30.2 Å². The number of nitrogens with zero attached hydrogens (tertiary/aromatic N) is 1. The van der Waals surface area contributed by atoms with E-state index < -0.39 is 0 Å². The first-order valence-electron chi connectivity index (χ1n) is 4.06. The molecule has 1 heterocycles. The third-order valence-corrected chi connectivity index (χ3v) is 2.03. The number of hydrogen-bond acceptors (Lipinski definition) is 2. The van der Waals surface area contributed by atoms with Crippen LogP contribution >= 0.6 is 0 Å². The van der Waals surface area contributed by atoms with Crippen molar-refractivity contribution < 1.29 is 0 Å². The lowest BCUT2D eigenvalue weighted by molar-refractivity contribution is 0.102. The molecule has 0 aromatic heterocycles. The van der Waals surface area contributed by atoms with Gasteiger partial charge in [-0.2, -0.15) is 0 Å². The smallest absolute Gasteiger partial charge is 0.0485 e. The molecule has 0 unspecified atom stereocenters. The average molecular weight is 142 g/mol. The van der Waals surface area contributed by atoms with Crippen molar-refractivity contribution in [2.45, 2.75) is 32.7 Å². The molecule has 0 amide bonds. The highest BCUT2D eigenvalue weighted by atomic mass is 15.3. The van der Waals surface area contributed by atoms with Crippen molar-refractivity contribution in [3.8, 4) is 0 Å². The highest BCUT2D eigenvalue weighted by Gasteiger charge is 2.21. The van der Waals surface area contributed by atoms with E-state index >= 15 is 0 Å². The lowest BCUT2D eigenvalue weighted by Crippen LogP contribution is -2.50. The summed E-state index contributed by atoms with van der Waals surface area (Å²) < 4.78 is 0. The molecule has 1 fully saturated rings. The molecule has 0 bridgehead atoms. The number of rotatable bonds is 0. The normalized spacial score (nSPS) is 23.1. The summed E-state index contributed by atoms with van der Waals surface area (Å²) in [5.74, 6) is 0. The monoisotopic (exact) mass is 142 g/mol. The van der Waals surface area contributed by atoms with Crippen LogP contribution in [0.3, 0.4) is 0 Å². The molecule has 2 nitrogen and oxygen atoms in total. The summed E-state index contributed by atoms with van der Waals surface area (Å²) in [5, 5.41) is 3.37. The molecule has 0 aromatic rings. The minimum Gasteiger partial charge on any atom is -0.304 e. The van der Waals surface area contributed by atoms with Gasteiger partial charge in [0.2, 0.25) is 0 Å². The predicted molar refractivity (Wildman–Crippen MR) is 43.9 cm³/mol. The van der Waals surface area contributed by atoms with Gasteiger partial charge >= 0.3 is 0 Å². The van der Waals surface area contributed by atoms with Gasteiger partial charge in [-0.05, 0) is 33.7 Å². The van der Waals surface area contributed by atoms with Crippen LogP contribution in [0, 0.1) is 0 Å². The number of nitrogens with one attached hydrogen (secondary N) is 1. The molecule has 60 valence electrons. The van der Waals surface area contributed by atoms with Gasteiger partial charge in [-0.3, -0.25) is 4.90 Å². The maximum absolute atomic E-state index is 3.37. The fourth-order valence-corrected chi connectivity index (χ4v) is 1.26. The molecule has 2 heteroatoms. The Bertz CT molecular complexity index is 98.3. The first-order valence-corrected chi connectivity index (χ1v) is 4.06. The summed E-state index contributed by atoms with van der Waals surface area (Å²) >= 11 is 0. The second-order valence-corrected chi connectivity index (χ2v) is 3.95. The van der Waals surface area contributed by atoms with Gasteiger partial charge in [-0.25, -0.2) is 0 Å². The first-order chi connectivity index (χ1) is 4.61. The second-order valence-electron chi connectivity index (χ2n) is 3.95. The van der Waals surface area contributed by atoms with Crippen LogP contribution in [0.4, 0.5) is 0 Å². The summed E-state index contributed by atoms with van der Waals surface area (Å²) in [5.41, 5.74) is 0.341. The summed E-state index contributed by atoms with van der Waals surface area (Å²) in [6.45, 7) is 10.3. The van der Waals surface area contributed by atoms with Gasteiger partial charge in [0.05, 0.1) is 0 Å². The second kappa shape index (κ2) is 2.89. The van der Waals surface area contributed by atoms with E-state index in [0.717, 1.165) is 6.67 Å². The molecule has 1 rings (SSSR count). The standard InChI is InChI=1S/C8H18N2/c1-8(2,3)10-6-4-5-9-7-10/h9H,4-7H2,1-3H3. The van der Waals surface area contributed by atoms with Crippen molar-refractivity contribution in [1.29, 1.82) is 0 Å². The van der Waals surface area contributed by atoms with E-state index in [4.69, 9.17) is 0 Å². The quantitative estimate of drug-likeness (QED) is 0.543. The Morgan fingerprint density at radius 1 is 1.30 bits per heavy atom. The van der Waals surface area contributed by atoms with E-state index in [1.807, 2.05) is 0 Å². The fraction of sp³-hybridized carbons (Fsp3) is 1.00. The topological polar surface area (TPSA) is 15.3 Å². The van der Waals surface area contributed by atoms with Crippen molar-refractivity contribution in [1.82, 2.24) is 10.2 Å². The summed E-state index contributed by atoms with van der Waals surface area (Å²) in [4.78, 5) is 2.47. The summed E-state index contributed by atoms with van der Waals surface area (Å²) in [7, 11) is 0. The molecule has 0 spiro atoms. The minimum atomic E-state index is 0.341. The van der Waals surface area contributed by atoms with Crippen LogP contribution < -0.4 is 5.32 Å². The lowest BCUT2D eigenvalue weighted by atomic mass is 10.1. The zero-order valence-corrected chi connectivity index (χ0v) is 7.28. The van der Waals surface area contributed by atoms with Gasteiger partial charge in [0, 0.05) is 18.8 Å². The van der Waals surface area contributed by atoms with Crippen molar-refractivity contribution in [2.24, 2.45) is 0 Å². The van der Waals surface area contributed by atoms with E-state index in [9.17, 15) is 0 Å². The molecule has 1 N–H and O–H groups in total. The van der Waals surface area contributed by atoms with Crippen molar-refractivity contribution in [2.75, 3.05) is 19.8 Å². The minimum absolute atomic E-state index is 0.341. The third kappa shape index (κ3) is 1.96. The highest BCUT2D eigenvalue weighted by Crippen LogP contribution is 2.13. The van der Waals surface area contributed by atoms with Gasteiger partial charge in [0.1, 0.15) is 0 Å². The largest absolute Gasteiger partial charge is 0.304 e. The Morgan fingerprint density at radius 2 is 2.00 bits per heavy atom.